The van der Waals surface area contributed by atoms with Gasteiger partial charge in [0.1, 0.15) is 0 Å². The van der Waals surface area contributed by atoms with E-state index < -0.39 is 19.0 Å². The van der Waals surface area contributed by atoms with Gasteiger partial charge in [-0.15, -0.1) is 0 Å². The maximum atomic E-state index is 8.85. The fraction of sp³-hybridized carbons (Fsp3) is 0. The summed E-state index contributed by atoms with van der Waals surface area (Å²) in [5.41, 5.74) is 0. The van der Waals surface area contributed by atoms with Crippen molar-refractivity contribution in [2.24, 2.45) is 0 Å². The average molecular weight is 241 g/mol. The molecule has 0 aromatic carbocycles. The van der Waals surface area contributed by atoms with Crippen LogP contribution in [0.4, 0.5) is 0 Å². The van der Waals surface area contributed by atoms with E-state index in [-0.39, 0.29) is 21.7 Å². The van der Waals surface area contributed by atoms with Crippen LogP contribution < -0.4 is 0 Å². The molecule has 36 valence electrons. The first-order chi connectivity index (χ1) is 2.00. The van der Waals surface area contributed by atoms with Crippen LogP contribution in [-0.2, 0) is 27.9 Å². The summed E-state index contributed by atoms with van der Waals surface area (Å²) in [6.07, 6.45) is 0. The summed E-state index contributed by atoms with van der Waals surface area (Å²) >= 11 is -5.52. The third kappa shape index (κ3) is 77.6. The molecule has 0 spiro atoms. The predicted octanol–water partition coefficient (Wildman–Crippen LogP) is -1.73. The van der Waals surface area contributed by atoms with Gasteiger partial charge >= 0.3 is 32.1 Å². The van der Waals surface area contributed by atoms with Crippen LogP contribution in [0, 0.1) is 0 Å². The molecule has 6 heteroatoms. The molecule has 0 aliphatic heterocycles. The van der Waals surface area contributed by atoms with Crippen LogP contribution in [-0.4, -0.2) is 25.9 Å². The van der Waals surface area contributed by atoms with Crippen LogP contribution in [0.2, 0.25) is 0 Å². The van der Waals surface area contributed by atoms with Crippen LogP contribution in [0.1, 0.15) is 0 Å². The quantitative estimate of drug-likeness (QED) is 0.494. The van der Waals surface area contributed by atoms with E-state index in [1.807, 2.05) is 0 Å². The molecule has 0 radical (unpaired) electrons. The Labute approximate surface area is 53.7 Å². The zero-order valence-electron chi connectivity index (χ0n) is 2.62. The Morgan fingerprint density at radius 1 is 1.17 bits per heavy atom. The molecule has 2 N–H and O–H groups in total. The van der Waals surface area contributed by atoms with Crippen molar-refractivity contribution < 1.29 is 34.9 Å². The van der Waals surface area contributed by atoms with Gasteiger partial charge in [0.15, 0.2) is 0 Å². The van der Waals surface area contributed by atoms with Crippen molar-refractivity contribution >= 4 is 19.0 Å². The molecule has 0 saturated carbocycles. The van der Waals surface area contributed by atoms with Crippen molar-refractivity contribution in [2.45, 2.75) is 0 Å². The van der Waals surface area contributed by atoms with E-state index in [0.29, 0.717) is 0 Å². The van der Waals surface area contributed by atoms with Crippen molar-refractivity contribution in [3.63, 3.8) is 0 Å². The van der Waals surface area contributed by atoms with E-state index in [0.717, 1.165) is 0 Å². The van der Waals surface area contributed by atoms with Crippen LogP contribution in [0.3, 0.4) is 0 Å². The second-order valence-corrected chi connectivity index (χ2v) is 3.00. The van der Waals surface area contributed by atoms with Gasteiger partial charge in [0.25, 0.3) is 0 Å². The third-order valence-electron chi connectivity index (χ3n) is 0. The second-order valence-electron chi connectivity index (χ2n) is 0.448. The minimum atomic E-state index is -5.52. The number of hydrogen-bond acceptors (Lipinski definition) is 2. The van der Waals surface area contributed by atoms with Crippen LogP contribution in [0.25, 0.3) is 0 Å². The molecular weight excluding hydrogens is 239 g/mol. The Hall–Kier alpha value is 1.02. The average Bonchev–Trinajstić information content (AvgIpc) is 0.722. The van der Waals surface area contributed by atoms with E-state index >= 15 is 0 Å². The number of hydrogen-bond donors (Lipinski definition) is 2. The molecule has 0 rings (SSSR count). The minimum absolute atomic E-state index is 0. The molecule has 0 aliphatic rings. The van der Waals surface area contributed by atoms with Gasteiger partial charge < -0.3 is 0 Å². The molecule has 0 amide bonds. The summed E-state index contributed by atoms with van der Waals surface area (Å²) in [5.74, 6) is 0. The predicted molar refractivity (Wildman–Crippen MR) is 11.6 cm³/mol. The Balaban J connectivity index is 0. The summed E-state index contributed by atoms with van der Waals surface area (Å²) in [4.78, 5) is 0. The van der Waals surface area contributed by atoms with Crippen molar-refractivity contribution in [1.82, 2.24) is 0 Å². The Bertz CT molecular complexity index is 90.7. The summed E-state index contributed by atoms with van der Waals surface area (Å²) in [6.45, 7) is 0. The Kier molecular flexibility index (Phi) is 5.19. The smallest absolute Gasteiger partial charge is 0 e. The minimum Gasteiger partial charge on any atom is 0 e. The zero-order valence-corrected chi connectivity index (χ0v) is 6.51. The van der Waals surface area contributed by atoms with Gasteiger partial charge in [0.2, 0.25) is 0 Å². The first-order valence-corrected chi connectivity index (χ1v) is 4.69. The molecule has 0 bridgehead atoms. The first-order valence-electron chi connectivity index (χ1n) is 0.698. The van der Waals surface area contributed by atoms with E-state index in [1.54, 1.807) is 0 Å². The topological polar surface area (TPSA) is 74.6 Å². The second kappa shape index (κ2) is 3.08. The molecule has 0 atom stereocenters. The van der Waals surface area contributed by atoms with E-state index in [1.165, 1.54) is 0 Å². The SMILES string of the molecule is O=[Te](=O)(O)O.[Ti]. The van der Waals surface area contributed by atoms with Crippen LogP contribution in [0.5, 0.6) is 0 Å². The summed E-state index contributed by atoms with van der Waals surface area (Å²) in [5, 5.41) is 0. The number of rotatable bonds is 0. The van der Waals surface area contributed by atoms with Crippen molar-refractivity contribution in [1.29, 1.82) is 0 Å². The summed E-state index contributed by atoms with van der Waals surface area (Å²) in [6, 6.07) is 0. The molecular formula is H2O4TeTi. The summed E-state index contributed by atoms with van der Waals surface area (Å²) in [7, 11) is 0. The van der Waals surface area contributed by atoms with Gasteiger partial charge in [-0.1, -0.05) is 0 Å². The molecule has 6 heavy (non-hydrogen) atoms. The van der Waals surface area contributed by atoms with E-state index in [4.69, 9.17) is 13.2 Å². The fourth-order valence-corrected chi connectivity index (χ4v) is 0. The van der Waals surface area contributed by atoms with Gasteiger partial charge in [0, 0.05) is 21.7 Å². The molecule has 0 aromatic heterocycles. The van der Waals surface area contributed by atoms with Gasteiger partial charge in [-0.3, -0.25) is 0 Å². The zero-order chi connectivity index (χ0) is 4.50. The van der Waals surface area contributed by atoms with Crippen molar-refractivity contribution in [3.8, 4) is 0 Å². The molecule has 0 saturated heterocycles. The summed E-state index contributed by atoms with van der Waals surface area (Å²) < 4.78 is 32.0. The standard InChI is InChI=1S/H2O4Te.Ti/c1-5(2,3)4;/h(H2,1,2,3,4);. The van der Waals surface area contributed by atoms with Crippen molar-refractivity contribution in [2.75, 3.05) is 0 Å². The molecule has 4 nitrogen and oxygen atoms in total. The normalized spacial score (nSPS) is 9.67. The molecule has 0 aliphatic carbocycles. The van der Waals surface area contributed by atoms with Gasteiger partial charge in [-0.25, -0.2) is 0 Å². The first kappa shape index (κ1) is 10.1. The molecule has 0 aromatic rings. The Morgan fingerprint density at radius 2 is 1.17 bits per heavy atom. The maximum absolute atomic E-state index is 8.85. The largest absolute Gasteiger partial charge is 0 e. The van der Waals surface area contributed by atoms with Gasteiger partial charge in [0.05, 0.1) is 0 Å². The van der Waals surface area contributed by atoms with Crippen LogP contribution in [0.15, 0.2) is 0 Å². The molecule has 0 fully saturated rings. The van der Waals surface area contributed by atoms with Crippen LogP contribution >= 0.6 is 0 Å². The fourth-order valence-electron chi connectivity index (χ4n) is 0. The van der Waals surface area contributed by atoms with Gasteiger partial charge in [-0.05, 0) is 0 Å². The third-order valence-corrected chi connectivity index (χ3v) is 0. The maximum Gasteiger partial charge on any atom is 0 e. The molecule has 0 unspecified atom stereocenters. The monoisotopic (exact) mass is 244 g/mol. The van der Waals surface area contributed by atoms with Crippen molar-refractivity contribution in [3.05, 3.63) is 0 Å². The van der Waals surface area contributed by atoms with Gasteiger partial charge in [-0.2, -0.15) is 0 Å². The molecule has 0 heterocycles. The Morgan fingerprint density at radius 3 is 1.17 bits per heavy atom. The van der Waals surface area contributed by atoms with E-state index in [2.05, 4.69) is 0 Å². The van der Waals surface area contributed by atoms with E-state index in [9.17, 15) is 0 Å².